The van der Waals surface area contributed by atoms with E-state index in [-0.39, 0.29) is 6.04 Å². The first-order valence-corrected chi connectivity index (χ1v) is 7.80. The Morgan fingerprint density at radius 1 is 1.38 bits per heavy atom. The summed E-state index contributed by atoms with van der Waals surface area (Å²) in [5.41, 5.74) is 0.710. The number of H-pyrrole nitrogens is 1. The van der Waals surface area contributed by atoms with Gasteiger partial charge in [-0.25, -0.2) is 0 Å². The minimum absolute atomic E-state index is 0.238. The van der Waals surface area contributed by atoms with E-state index in [9.17, 15) is 9.59 Å². The molecule has 1 unspecified atom stereocenters. The van der Waals surface area contributed by atoms with E-state index in [1.165, 1.54) is 4.57 Å². The molecule has 1 atom stereocenters. The summed E-state index contributed by atoms with van der Waals surface area (Å²) in [6.45, 7) is 4.27. The van der Waals surface area contributed by atoms with Gasteiger partial charge in [-0.3, -0.25) is 9.59 Å². The molecule has 0 aliphatic rings. The highest BCUT2D eigenvalue weighted by molar-refractivity contribution is 5.79. The van der Waals surface area contributed by atoms with E-state index < -0.39 is 11.1 Å². The van der Waals surface area contributed by atoms with Gasteiger partial charge < -0.3 is 19.4 Å². The predicted molar refractivity (Wildman–Crippen MR) is 90.0 cm³/mol. The number of hydrogen-bond acceptors (Lipinski definition) is 6. The lowest BCUT2D eigenvalue weighted by Crippen LogP contribution is -2.35. The molecule has 3 aromatic rings. The average Bonchev–Trinajstić information content (AvgIpc) is 3.04. The van der Waals surface area contributed by atoms with Crippen molar-refractivity contribution in [1.29, 1.82) is 0 Å². The third-order valence-electron chi connectivity index (χ3n) is 3.99. The van der Waals surface area contributed by atoms with E-state index in [1.807, 2.05) is 20.9 Å². The number of aromatic nitrogens is 4. The molecule has 0 saturated heterocycles. The van der Waals surface area contributed by atoms with Gasteiger partial charge in [-0.1, -0.05) is 5.16 Å². The highest BCUT2D eigenvalue weighted by Gasteiger charge is 2.13. The van der Waals surface area contributed by atoms with Crippen molar-refractivity contribution in [1.82, 2.24) is 25.0 Å². The second kappa shape index (κ2) is 6.40. The maximum absolute atomic E-state index is 11.9. The Labute approximate surface area is 137 Å². The number of likely N-dealkylation sites (N-methyl/N-ethyl adjacent to an activating group) is 1. The van der Waals surface area contributed by atoms with Crippen molar-refractivity contribution >= 4 is 11.0 Å². The molecule has 8 nitrogen and oxygen atoms in total. The van der Waals surface area contributed by atoms with E-state index >= 15 is 0 Å². The van der Waals surface area contributed by atoms with E-state index in [1.54, 1.807) is 18.2 Å². The molecule has 0 radical (unpaired) electrons. The predicted octanol–water partition coefficient (Wildman–Crippen LogP) is 0.910. The molecule has 2 heterocycles. The Morgan fingerprint density at radius 2 is 2.17 bits per heavy atom. The van der Waals surface area contributed by atoms with Crippen LogP contribution in [-0.2, 0) is 13.0 Å². The van der Waals surface area contributed by atoms with Gasteiger partial charge in [-0.2, -0.15) is 4.98 Å². The summed E-state index contributed by atoms with van der Waals surface area (Å²) >= 11 is 0. The van der Waals surface area contributed by atoms with Gasteiger partial charge in [-0.05, 0) is 39.1 Å². The average molecular weight is 329 g/mol. The summed E-state index contributed by atoms with van der Waals surface area (Å²) in [6.07, 6.45) is 0.653. The minimum atomic E-state index is -0.643. The smallest absolute Gasteiger partial charge is 0.316 e. The second-order valence-corrected chi connectivity index (χ2v) is 5.65. The van der Waals surface area contributed by atoms with Crippen LogP contribution in [0, 0.1) is 0 Å². The number of aromatic amines is 1. The molecule has 126 valence electrons. The molecular formula is C16H19N5O3. The number of rotatable bonds is 5. The summed E-state index contributed by atoms with van der Waals surface area (Å²) < 4.78 is 6.74. The molecule has 0 aliphatic carbocycles. The summed E-state index contributed by atoms with van der Waals surface area (Å²) in [6, 6.07) is 5.54. The van der Waals surface area contributed by atoms with Crippen molar-refractivity contribution in [2.24, 2.45) is 0 Å². The lowest BCUT2D eigenvalue weighted by atomic mass is 10.2. The van der Waals surface area contributed by atoms with Gasteiger partial charge in [0.25, 0.3) is 5.89 Å². The normalized spacial score (nSPS) is 12.6. The van der Waals surface area contributed by atoms with Crippen LogP contribution in [0.2, 0.25) is 0 Å². The zero-order valence-corrected chi connectivity index (χ0v) is 13.8. The third-order valence-corrected chi connectivity index (χ3v) is 3.99. The van der Waals surface area contributed by atoms with Crippen LogP contribution in [0.1, 0.15) is 19.7 Å². The first-order chi connectivity index (χ1) is 11.5. The van der Waals surface area contributed by atoms with Crippen LogP contribution in [-0.4, -0.2) is 32.8 Å². The van der Waals surface area contributed by atoms with Crippen molar-refractivity contribution in [3.8, 4) is 11.5 Å². The van der Waals surface area contributed by atoms with Crippen molar-refractivity contribution in [2.75, 3.05) is 7.05 Å². The molecule has 0 bridgehead atoms. The lowest BCUT2D eigenvalue weighted by Gasteiger charge is -2.07. The number of aryl methyl sites for hydroxylation is 1. The maximum Gasteiger partial charge on any atom is 0.316 e. The molecule has 1 aromatic carbocycles. The fourth-order valence-corrected chi connectivity index (χ4v) is 2.56. The minimum Gasteiger partial charge on any atom is -0.334 e. The Hall–Kier alpha value is -2.74. The van der Waals surface area contributed by atoms with Gasteiger partial charge in [0.05, 0.1) is 11.0 Å². The molecular weight excluding hydrogens is 310 g/mol. The van der Waals surface area contributed by atoms with Crippen LogP contribution in [0.15, 0.2) is 32.3 Å². The van der Waals surface area contributed by atoms with E-state index in [0.717, 1.165) is 0 Å². The zero-order valence-electron chi connectivity index (χ0n) is 13.8. The number of nitrogens with zero attached hydrogens (tertiary/aromatic N) is 3. The molecule has 8 heteroatoms. The summed E-state index contributed by atoms with van der Waals surface area (Å²) in [7, 11) is 1.87. The summed E-state index contributed by atoms with van der Waals surface area (Å²) in [5, 5.41) is 7.09. The maximum atomic E-state index is 11.9. The zero-order chi connectivity index (χ0) is 17.3. The van der Waals surface area contributed by atoms with Crippen LogP contribution in [0.25, 0.3) is 22.5 Å². The van der Waals surface area contributed by atoms with Gasteiger partial charge in [0.2, 0.25) is 0 Å². The second-order valence-electron chi connectivity index (χ2n) is 5.65. The van der Waals surface area contributed by atoms with Gasteiger partial charge in [-0.15, -0.1) is 0 Å². The summed E-state index contributed by atoms with van der Waals surface area (Å²) in [5.74, 6) is 0.990. The number of benzene rings is 1. The van der Waals surface area contributed by atoms with Crippen LogP contribution in [0.4, 0.5) is 0 Å². The van der Waals surface area contributed by atoms with Crippen molar-refractivity contribution < 1.29 is 4.52 Å². The Balaban J connectivity index is 2.04. The van der Waals surface area contributed by atoms with E-state index in [4.69, 9.17) is 4.52 Å². The van der Waals surface area contributed by atoms with Crippen LogP contribution in [0.3, 0.4) is 0 Å². The topological polar surface area (TPSA) is 106 Å². The van der Waals surface area contributed by atoms with Crippen LogP contribution >= 0.6 is 0 Å². The highest BCUT2D eigenvalue weighted by Crippen LogP contribution is 2.21. The Morgan fingerprint density at radius 3 is 2.88 bits per heavy atom. The first-order valence-electron chi connectivity index (χ1n) is 7.80. The molecule has 2 N–H and O–H groups in total. The van der Waals surface area contributed by atoms with Crippen molar-refractivity contribution in [3.63, 3.8) is 0 Å². The standard InChI is InChI=1S/C16H19N5O3/c1-4-21-12-6-5-10(8-11(12)18-14(22)16(21)23)15-19-13(20-24-15)7-9(2)17-3/h5-6,8-9,17H,4,7H2,1-3H3,(H,18,22). The van der Waals surface area contributed by atoms with Crippen molar-refractivity contribution in [3.05, 3.63) is 44.7 Å². The van der Waals surface area contributed by atoms with Crippen LogP contribution in [0.5, 0.6) is 0 Å². The van der Waals surface area contributed by atoms with Crippen LogP contribution < -0.4 is 16.4 Å². The number of nitrogens with one attached hydrogen (secondary N) is 2. The Kier molecular flexibility index (Phi) is 4.30. The van der Waals surface area contributed by atoms with Gasteiger partial charge >= 0.3 is 11.1 Å². The Bertz CT molecular complexity index is 985. The molecule has 0 amide bonds. The highest BCUT2D eigenvalue weighted by atomic mass is 16.5. The summed E-state index contributed by atoms with van der Waals surface area (Å²) in [4.78, 5) is 30.6. The quantitative estimate of drug-likeness (QED) is 0.674. The van der Waals surface area contributed by atoms with Gasteiger partial charge in [0.1, 0.15) is 0 Å². The van der Waals surface area contributed by atoms with Gasteiger partial charge in [0, 0.05) is 24.6 Å². The van der Waals surface area contributed by atoms with E-state index in [0.29, 0.717) is 41.3 Å². The largest absolute Gasteiger partial charge is 0.334 e. The molecule has 0 spiro atoms. The SMILES string of the molecule is CCn1c(=O)c(=O)[nH]c2cc(-c3nc(CC(C)NC)no3)ccc21. The number of fused-ring (bicyclic) bond motifs is 1. The molecule has 0 saturated carbocycles. The first kappa shape index (κ1) is 16.1. The third kappa shape index (κ3) is 2.88. The fourth-order valence-electron chi connectivity index (χ4n) is 2.56. The molecule has 0 aliphatic heterocycles. The van der Waals surface area contributed by atoms with Gasteiger partial charge in [0.15, 0.2) is 5.82 Å². The number of hydrogen-bond donors (Lipinski definition) is 2. The molecule has 0 fully saturated rings. The molecule has 2 aromatic heterocycles. The molecule has 3 rings (SSSR count). The van der Waals surface area contributed by atoms with E-state index in [2.05, 4.69) is 20.4 Å². The monoisotopic (exact) mass is 329 g/mol. The fraction of sp³-hybridized carbons (Fsp3) is 0.375. The van der Waals surface area contributed by atoms with Crippen molar-refractivity contribution in [2.45, 2.75) is 32.9 Å². The lowest BCUT2D eigenvalue weighted by molar-refractivity contribution is 0.418. The molecule has 24 heavy (non-hydrogen) atoms.